The number of hydrogen-bond acceptors (Lipinski definition) is 4. The van der Waals surface area contributed by atoms with Crippen molar-refractivity contribution < 1.29 is 14.3 Å². The molecule has 0 saturated carbocycles. The van der Waals surface area contributed by atoms with Gasteiger partial charge in [0.15, 0.2) is 6.10 Å². The molecular formula is C17H18N2O3. The van der Waals surface area contributed by atoms with Gasteiger partial charge in [-0.25, -0.2) is 0 Å². The van der Waals surface area contributed by atoms with Crippen LogP contribution in [0.4, 0.5) is 5.69 Å². The molecule has 5 heteroatoms. The van der Waals surface area contributed by atoms with Crippen LogP contribution in [0.2, 0.25) is 0 Å². The van der Waals surface area contributed by atoms with Gasteiger partial charge in [-0.2, -0.15) is 5.26 Å². The van der Waals surface area contributed by atoms with Crippen LogP contribution in [0.25, 0.3) is 0 Å². The van der Waals surface area contributed by atoms with Crippen molar-refractivity contribution in [2.45, 2.75) is 32.3 Å². The van der Waals surface area contributed by atoms with Crippen LogP contribution in [0.5, 0.6) is 0 Å². The summed E-state index contributed by atoms with van der Waals surface area (Å²) in [7, 11) is 0. The summed E-state index contributed by atoms with van der Waals surface area (Å²) >= 11 is 0. The molecule has 114 valence electrons. The maximum absolute atomic E-state index is 12.0. The lowest BCUT2D eigenvalue weighted by Crippen LogP contribution is -2.30. The number of rotatable bonds is 5. The minimum atomic E-state index is -0.853. The zero-order chi connectivity index (χ0) is 15.9. The van der Waals surface area contributed by atoms with Gasteiger partial charge in [0.05, 0.1) is 18.1 Å². The van der Waals surface area contributed by atoms with Gasteiger partial charge < -0.3 is 10.1 Å². The number of hydrogen-bond donors (Lipinski definition) is 1. The molecule has 1 aromatic carbocycles. The van der Waals surface area contributed by atoms with Gasteiger partial charge in [0.2, 0.25) is 0 Å². The highest BCUT2D eigenvalue weighted by atomic mass is 16.5. The van der Waals surface area contributed by atoms with Crippen LogP contribution < -0.4 is 5.32 Å². The number of anilines is 1. The van der Waals surface area contributed by atoms with Crippen molar-refractivity contribution in [2.75, 3.05) is 5.32 Å². The van der Waals surface area contributed by atoms with Gasteiger partial charge in [-0.15, -0.1) is 0 Å². The first-order chi connectivity index (χ1) is 10.6. The van der Waals surface area contributed by atoms with E-state index in [4.69, 9.17) is 10.00 Å². The van der Waals surface area contributed by atoms with Crippen molar-refractivity contribution in [3.63, 3.8) is 0 Å². The van der Waals surface area contributed by atoms with Crippen LogP contribution in [-0.4, -0.2) is 18.0 Å². The average molecular weight is 298 g/mol. The van der Waals surface area contributed by atoms with E-state index in [0.29, 0.717) is 17.7 Å². The Labute approximate surface area is 129 Å². The van der Waals surface area contributed by atoms with Crippen molar-refractivity contribution in [1.82, 2.24) is 0 Å². The summed E-state index contributed by atoms with van der Waals surface area (Å²) in [6.07, 6.45) is 5.48. The van der Waals surface area contributed by atoms with E-state index in [9.17, 15) is 9.59 Å². The molecule has 1 N–H and O–H groups in total. The van der Waals surface area contributed by atoms with E-state index in [1.807, 2.05) is 12.1 Å². The standard InChI is InChI=1S/C17H18N2O3/c1-12(22-16(20)10-13-4-2-3-5-13)17(21)19-15-8-6-14(11-18)7-9-15/h2,4,6-9,12-13H,3,5,10H2,1H3,(H,19,21)/t12-,13-/m1/s1. The molecule has 22 heavy (non-hydrogen) atoms. The lowest BCUT2D eigenvalue weighted by molar-refractivity contribution is -0.153. The van der Waals surface area contributed by atoms with E-state index in [0.717, 1.165) is 12.8 Å². The van der Waals surface area contributed by atoms with E-state index < -0.39 is 6.10 Å². The summed E-state index contributed by atoms with van der Waals surface area (Å²) in [6.45, 7) is 1.54. The molecule has 0 aliphatic heterocycles. The minimum Gasteiger partial charge on any atom is -0.453 e. The fraction of sp³-hybridized carbons (Fsp3) is 0.353. The Morgan fingerprint density at radius 3 is 2.73 bits per heavy atom. The maximum atomic E-state index is 12.0. The smallest absolute Gasteiger partial charge is 0.307 e. The molecule has 1 aliphatic carbocycles. The third kappa shape index (κ3) is 4.45. The van der Waals surface area contributed by atoms with E-state index in [1.54, 1.807) is 31.2 Å². The average Bonchev–Trinajstić information content (AvgIpc) is 3.00. The molecule has 0 spiro atoms. The molecule has 2 atom stereocenters. The van der Waals surface area contributed by atoms with Crippen LogP contribution >= 0.6 is 0 Å². The number of ether oxygens (including phenoxy) is 1. The number of nitrogens with zero attached hydrogens (tertiary/aromatic N) is 1. The van der Waals surface area contributed by atoms with Gasteiger partial charge in [0.1, 0.15) is 0 Å². The molecule has 0 unspecified atom stereocenters. The normalized spacial score (nSPS) is 17.5. The Morgan fingerprint density at radius 2 is 2.14 bits per heavy atom. The fourth-order valence-corrected chi connectivity index (χ4v) is 2.25. The Kier molecular flexibility index (Phi) is 5.31. The predicted molar refractivity (Wildman–Crippen MR) is 81.8 cm³/mol. The third-order valence-electron chi connectivity index (χ3n) is 3.50. The summed E-state index contributed by atoms with van der Waals surface area (Å²) in [4.78, 5) is 23.7. The minimum absolute atomic E-state index is 0.223. The lowest BCUT2D eigenvalue weighted by atomic mass is 10.1. The van der Waals surface area contributed by atoms with Crippen LogP contribution in [0.3, 0.4) is 0 Å². The van der Waals surface area contributed by atoms with Gasteiger partial charge in [-0.05, 0) is 49.9 Å². The van der Waals surface area contributed by atoms with Crippen molar-refractivity contribution in [1.29, 1.82) is 5.26 Å². The van der Waals surface area contributed by atoms with Crippen LogP contribution in [0.15, 0.2) is 36.4 Å². The molecular weight excluding hydrogens is 280 g/mol. The quantitative estimate of drug-likeness (QED) is 0.669. The van der Waals surface area contributed by atoms with Crippen LogP contribution in [0.1, 0.15) is 31.7 Å². The largest absolute Gasteiger partial charge is 0.453 e. The zero-order valence-electron chi connectivity index (χ0n) is 12.4. The molecule has 0 radical (unpaired) electrons. The van der Waals surface area contributed by atoms with Crippen molar-refractivity contribution in [3.8, 4) is 6.07 Å². The van der Waals surface area contributed by atoms with Gasteiger partial charge >= 0.3 is 5.97 Å². The molecule has 5 nitrogen and oxygen atoms in total. The number of benzene rings is 1. The van der Waals surface area contributed by atoms with Gasteiger partial charge in [-0.1, -0.05) is 12.2 Å². The summed E-state index contributed by atoms with van der Waals surface area (Å²) in [6, 6.07) is 8.49. The van der Waals surface area contributed by atoms with E-state index in [2.05, 4.69) is 11.4 Å². The molecule has 0 bridgehead atoms. The van der Waals surface area contributed by atoms with Crippen molar-refractivity contribution in [3.05, 3.63) is 42.0 Å². The number of nitriles is 1. The highest BCUT2D eigenvalue weighted by Gasteiger charge is 2.21. The lowest BCUT2D eigenvalue weighted by Gasteiger charge is -2.14. The summed E-state index contributed by atoms with van der Waals surface area (Å²) in [5, 5.41) is 11.4. The van der Waals surface area contributed by atoms with Crippen molar-refractivity contribution >= 4 is 17.6 Å². The molecule has 0 fully saturated rings. The number of carbonyl (C=O) groups is 2. The van der Waals surface area contributed by atoms with E-state index in [-0.39, 0.29) is 17.8 Å². The first-order valence-electron chi connectivity index (χ1n) is 7.25. The number of allylic oxidation sites excluding steroid dienone is 2. The van der Waals surface area contributed by atoms with E-state index in [1.165, 1.54) is 0 Å². The monoisotopic (exact) mass is 298 g/mol. The second-order valence-electron chi connectivity index (χ2n) is 5.28. The Bertz CT molecular complexity index is 614. The third-order valence-corrected chi connectivity index (χ3v) is 3.50. The molecule has 1 aliphatic rings. The highest BCUT2D eigenvalue weighted by Crippen LogP contribution is 2.21. The Hall–Kier alpha value is -2.61. The van der Waals surface area contributed by atoms with Crippen LogP contribution in [-0.2, 0) is 14.3 Å². The summed E-state index contributed by atoms with van der Waals surface area (Å²) < 4.78 is 5.15. The molecule has 0 aromatic heterocycles. The number of carbonyl (C=O) groups excluding carboxylic acids is 2. The summed E-state index contributed by atoms with van der Waals surface area (Å²) in [5.41, 5.74) is 1.08. The SMILES string of the molecule is C[C@@H](OC(=O)C[C@@H]1C=CCC1)C(=O)Nc1ccc(C#N)cc1. The fourth-order valence-electron chi connectivity index (χ4n) is 2.25. The highest BCUT2D eigenvalue weighted by molar-refractivity contribution is 5.95. The predicted octanol–water partition coefficient (Wildman–Crippen LogP) is 2.78. The molecule has 1 amide bonds. The first kappa shape index (κ1) is 15.8. The van der Waals surface area contributed by atoms with Gasteiger partial charge in [0.25, 0.3) is 5.91 Å². The van der Waals surface area contributed by atoms with E-state index >= 15 is 0 Å². The van der Waals surface area contributed by atoms with Crippen molar-refractivity contribution in [2.24, 2.45) is 5.92 Å². The second kappa shape index (κ2) is 7.41. The number of esters is 1. The topological polar surface area (TPSA) is 79.2 Å². The molecule has 0 saturated heterocycles. The van der Waals surface area contributed by atoms with Gasteiger partial charge in [-0.3, -0.25) is 9.59 Å². The summed E-state index contributed by atoms with van der Waals surface area (Å²) in [5.74, 6) is -0.527. The number of nitrogens with one attached hydrogen (secondary N) is 1. The zero-order valence-corrected chi connectivity index (χ0v) is 12.4. The Morgan fingerprint density at radius 1 is 1.41 bits per heavy atom. The number of amides is 1. The van der Waals surface area contributed by atoms with Crippen LogP contribution in [0, 0.1) is 17.2 Å². The second-order valence-corrected chi connectivity index (χ2v) is 5.28. The first-order valence-corrected chi connectivity index (χ1v) is 7.25. The maximum Gasteiger partial charge on any atom is 0.307 e. The van der Waals surface area contributed by atoms with Gasteiger partial charge in [0, 0.05) is 5.69 Å². The molecule has 1 aromatic rings. The molecule has 2 rings (SSSR count). The molecule has 0 heterocycles. The Balaban J connectivity index is 1.81.